The summed E-state index contributed by atoms with van der Waals surface area (Å²) < 4.78 is 10.2. The van der Waals surface area contributed by atoms with Gasteiger partial charge in [0.1, 0.15) is 0 Å². The minimum absolute atomic E-state index is 0.0725. The molecule has 1 rings (SSSR count). The van der Waals surface area contributed by atoms with Crippen LogP contribution in [0.5, 0.6) is 0 Å². The van der Waals surface area contributed by atoms with Crippen LogP contribution in [0.25, 0.3) is 0 Å². The van der Waals surface area contributed by atoms with Crippen molar-refractivity contribution >= 4 is 5.97 Å². The van der Waals surface area contributed by atoms with Crippen LogP contribution >= 0.6 is 0 Å². The van der Waals surface area contributed by atoms with Crippen molar-refractivity contribution in [1.82, 2.24) is 0 Å². The van der Waals surface area contributed by atoms with Gasteiger partial charge in [-0.3, -0.25) is 4.79 Å². The molecule has 0 unspecified atom stereocenters. The number of carbonyl (C=O) groups is 1. The van der Waals surface area contributed by atoms with Crippen molar-refractivity contribution in [3.63, 3.8) is 0 Å². The highest BCUT2D eigenvalue weighted by Crippen LogP contribution is 2.30. The van der Waals surface area contributed by atoms with E-state index in [1.165, 1.54) is 7.11 Å². The summed E-state index contributed by atoms with van der Waals surface area (Å²) >= 11 is 0. The van der Waals surface area contributed by atoms with Gasteiger partial charge in [-0.1, -0.05) is 0 Å². The first-order valence-corrected chi connectivity index (χ1v) is 4.74. The van der Waals surface area contributed by atoms with Gasteiger partial charge in [0.25, 0.3) is 0 Å². The molecule has 13 heavy (non-hydrogen) atoms. The summed E-state index contributed by atoms with van der Waals surface area (Å²) in [5.41, 5.74) is -0.0725. The molecule has 0 aliphatic carbocycles. The van der Waals surface area contributed by atoms with E-state index < -0.39 is 0 Å². The molecule has 3 heteroatoms. The van der Waals surface area contributed by atoms with E-state index in [2.05, 4.69) is 18.6 Å². The summed E-state index contributed by atoms with van der Waals surface area (Å²) in [6, 6.07) is 0. The van der Waals surface area contributed by atoms with E-state index in [4.69, 9.17) is 4.74 Å². The van der Waals surface area contributed by atoms with Gasteiger partial charge in [-0.25, -0.2) is 0 Å². The second-order valence-corrected chi connectivity index (χ2v) is 4.25. The fraction of sp³-hybridized carbons (Fsp3) is 0.900. The fourth-order valence-electron chi connectivity index (χ4n) is 1.85. The molecule has 3 nitrogen and oxygen atoms in total. The standard InChI is InChI=1S/C10H18O3/c1-10(2)7-8(4-5-13-10)6-9(11)12-3/h8H,4-7H2,1-3H3/t8-/m0/s1. The lowest BCUT2D eigenvalue weighted by atomic mass is 9.86. The van der Waals surface area contributed by atoms with Gasteiger partial charge in [0.15, 0.2) is 0 Å². The SMILES string of the molecule is COC(=O)C[C@@H]1CCOC(C)(C)C1. The smallest absolute Gasteiger partial charge is 0.305 e. The third-order valence-electron chi connectivity index (χ3n) is 2.48. The highest BCUT2D eigenvalue weighted by molar-refractivity contribution is 5.69. The van der Waals surface area contributed by atoms with Gasteiger partial charge in [0.05, 0.1) is 12.7 Å². The molecule has 0 N–H and O–H groups in total. The predicted molar refractivity (Wildman–Crippen MR) is 49.4 cm³/mol. The first-order chi connectivity index (χ1) is 6.03. The Bertz CT molecular complexity index is 187. The molecule has 1 heterocycles. The quantitative estimate of drug-likeness (QED) is 0.616. The van der Waals surface area contributed by atoms with Crippen LogP contribution in [0.3, 0.4) is 0 Å². The van der Waals surface area contributed by atoms with E-state index in [0.29, 0.717) is 12.3 Å². The molecule has 1 saturated heterocycles. The molecule has 76 valence electrons. The van der Waals surface area contributed by atoms with Crippen molar-refractivity contribution in [3.05, 3.63) is 0 Å². The number of esters is 1. The van der Waals surface area contributed by atoms with Crippen LogP contribution in [-0.4, -0.2) is 25.3 Å². The minimum atomic E-state index is -0.109. The van der Waals surface area contributed by atoms with Gasteiger partial charge < -0.3 is 9.47 Å². The van der Waals surface area contributed by atoms with Crippen LogP contribution in [0.15, 0.2) is 0 Å². The molecule has 0 aromatic heterocycles. The second kappa shape index (κ2) is 4.09. The van der Waals surface area contributed by atoms with Gasteiger partial charge in [-0.2, -0.15) is 0 Å². The normalized spacial score (nSPS) is 26.8. The number of carbonyl (C=O) groups excluding carboxylic acids is 1. The number of methoxy groups -OCH3 is 1. The van der Waals surface area contributed by atoms with Gasteiger partial charge >= 0.3 is 5.97 Å². The molecule has 1 atom stereocenters. The summed E-state index contributed by atoms with van der Waals surface area (Å²) in [5.74, 6) is 0.318. The molecule has 0 bridgehead atoms. The van der Waals surface area contributed by atoms with Crippen molar-refractivity contribution < 1.29 is 14.3 Å². The van der Waals surface area contributed by atoms with Crippen molar-refractivity contribution in [3.8, 4) is 0 Å². The van der Waals surface area contributed by atoms with Crippen LogP contribution in [0.2, 0.25) is 0 Å². The second-order valence-electron chi connectivity index (χ2n) is 4.25. The van der Waals surface area contributed by atoms with E-state index in [1.54, 1.807) is 0 Å². The maximum Gasteiger partial charge on any atom is 0.305 e. The Morgan fingerprint density at radius 3 is 2.85 bits per heavy atom. The molecular weight excluding hydrogens is 168 g/mol. The minimum Gasteiger partial charge on any atom is -0.469 e. The number of hydrogen-bond donors (Lipinski definition) is 0. The summed E-state index contributed by atoms with van der Waals surface area (Å²) in [7, 11) is 1.44. The molecule has 0 amide bonds. The molecule has 0 spiro atoms. The van der Waals surface area contributed by atoms with Crippen LogP contribution < -0.4 is 0 Å². The maximum atomic E-state index is 11.0. The lowest BCUT2D eigenvalue weighted by Gasteiger charge is -2.35. The Labute approximate surface area is 79.4 Å². The van der Waals surface area contributed by atoms with Gasteiger partial charge in [-0.15, -0.1) is 0 Å². The van der Waals surface area contributed by atoms with Crippen molar-refractivity contribution in [2.24, 2.45) is 5.92 Å². The van der Waals surface area contributed by atoms with Crippen LogP contribution in [0.1, 0.15) is 33.1 Å². The van der Waals surface area contributed by atoms with Gasteiger partial charge in [-0.05, 0) is 32.6 Å². The zero-order valence-electron chi connectivity index (χ0n) is 8.63. The number of rotatable bonds is 2. The predicted octanol–water partition coefficient (Wildman–Crippen LogP) is 1.75. The molecule has 0 aromatic rings. The molecule has 1 aliphatic heterocycles. The largest absolute Gasteiger partial charge is 0.469 e. The molecule has 0 radical (unpaired) electrons. The Kier molecular flexibility index (Phi) is 3.31. The van der Waals surface area contributed by atoms with E-state index in [0.717, 1.165) is 19.4 Å². The number of ether oxygens (including phenoxy) is 2. The average molecular weight is 186 g/mol. The number of hydrogen-bond acceptors (Lipinski definition) is 3. The van der Waals surface area contributed by atoms with Crippen molar-refractivity contribution in [2.75, 3.05) is 13.7 Å². The maximum absolute atomic E-state index is 11.0. The topological polar surface area (TPSA) is 35.5 Å². The van der Waals surface area contributed by atoms with Crippen molar-refractivity contribution in [1.29, 1.82) is 0 Å². The Morgan fingerprint density at radius 1 is 1.62 bits per heavy atom. The monoisotopic (exact) mass is 186 g/mol. The summed E-state index contributed by atoms with van der Waals surface area (Å²) in [6.07, 6.45) is 2.45. The average Bonchev–Trinajstić information content (AvgIpc) is 2.02. The summed E-state index contributed by atoms with van der Waals surface area (Å²) in [6.45, 7) is 4.89. The van der Waals surface area contributed by atoms with E-state index >= 15 is 0 Å². The third-order valence-corrected chi connectivity index (χ3v) is 2.48. The zero-order valence-corrected chi connectivity index (χ0v) is 8.63. The molecule has 1 fully saturated rings. The Balaban J connectivity index is 2.39. The molecule has 1 aliphatic rings. The van der Waals surface area contributed by atoms with E-state index in [-0.39, 0.29) is 11.6 Å². The summed E-state index contributed by atoms with van der Waals surface area (Å²) in [5, 5.41) is 0. The Hall–Kier alpha value is -0.570. The van der Waals surface area contributed by atoms with E-state index in [9.17, 15) is 4.79 Å². The molecule has 0 saturated carbocycles. The highest BCUT2D eigenvalue weighted by atomic mass is 16.5. The molecular formula is C10H18O3. The van der Waals surface area contributed by atoms with Gasteiger partial charge in [0, 0.05) is 13.0 Å². The van der Waals surface area contributed by atoms with Crippen molar-refractivity contribution in [2.45, 2.75) is 38.7 Å². The van der Waals surface area contributed by atoms with Gasteiger partial charge in [0.2, 0.25) is 0 Å². The zero-order chi connectivity index (χ0) is 9.90. The first kappa shape index (κ1) is 10.5. The van der Waals surface area contributed by atoms with Crippen LogP contribution in [-0.2, 0) is 14.3 Å². The van der Waals surface area contributed by atoms with Crippen LogP contribution in [0, 0.1) is 5.92 Å². The third kappa shape index (κ3) is 3.35. The first-order valence-electron chi connectivity index (χ1n) is 4.74. The lowest BCUT2D eigenvalue weighted by molar-refractivity contribution is -0.144. The summed E-state index contributed by atoms with van der Waals surface area (Å²) in [4.78, 5) is 11.0. The van der Waals surface area contributed by atoms with Crippen LogP contribution in [0.4, 0.5) is 0 Å². The Morgan fingerprint density at radius 2 is 2.31 bits per heavy atom. The highest BCUT2D eigenvalue weighted by Gasteiger charge is 2.29. The van der Waals surface area contributed by atoms with E-state index in [1.807, 2.05) is 0 Å². The molecule has 0 aromatic carbocycles. The fourth-order valence-corrected chi connectivity index (χ4v) is 1.85. The lowest BCUT2D eigenvalue weighted by Crippen LogP contribution is -2.34.